The van der Waals surface area contributed by atoms with Gasteiger partial charge in [0, 0.05) is 0 Å². The fraction of sp³-hybridized carbons (Fsp3) is 1.00. The number of aliphatic hydroxyl groups is 8. The van der Waals surface area contributed by atoms with Crippen molar-refractivity contribution < 1.29 is 50.3 Å². The molecule has 0 aromatic carbocycles. The maximum absolute atomic E-state index is 10.6. The molecule has 0 amide bonds. The summed E-state index contributed by atoms with van der Waals surface area (Å²) in [4.78, 5) is 0. The lowest BCUT2D eigenvalue weighted by Crippen LogP contribution is -2.81. The zero-order chi connectivity index (χ0) is 16.9. The van der Waals surface area contributed by atoms with Crippen molar-refractivity contribution in [1.29, 1.82) is 0 Å². The van der Waals surface area contributed by atoms with Crippen LogP contribution in [0.1, 0.15) is 6.92 Å². The van der Waals surface area contributed by atoms with Crippen LogP contribution in [0.2, 0.25) is 0 Å². The third-order valence-corrected chi connectivity index (χ3v) is 4.56. The van der Waals surface area contributed by atoms with Gasteiger partial charge in [-0.2, -0.15) is 0 Å². The Hall–Kier alpha value is -0.400. The van der Waals surface area contributed by atoms with Crippen LogP contribution in [-0.2, 0) is 9.47 Å². The van der Waals surface area contributed by atoms with E-state index in [4.69, 9.17) is 14.6 Å². The van der Waals surface area contributed by atoms with Gasteiger partial charge < -0.3 is 50.3 Å². The largest absolute Gasteiger partial charge is 0.394 e. The van der Waals surface area contributed by atoms with Crippen LogP contribution in [0.25, 0.3) is 0 Å². The average molecular weight is 326 g/mol. The van der Waals surface area contributed by atoms with Crippen LogP contribution in [0, 0.1) is 0 Å². The van der Waals surface area contributed by atoms with E-state index in [0.29, 0.717) is 0 Å². The molecular formula is C12H22O10. The molecule has 2 rings (SSSR count). The van der Waals surface area contributed by atoms with Crippen molar-refractivity contribution >= 4 is 0 Å². The van der Waals surface area contributed by atoms with Gasteiger partial charge in [0.2, 0.25) is 0 Å². The Morgan fingerprint density at radius 1 is 1.00 bits per heavy atom. The summed E-state index contributed by atoms with van der Waals surface area (Å²) in [6.45, 7) is -0.162. The average Bonchev–Trinajstić information content (AvgIpc) is 2.49. The molecule has 2 fully saturated rings. The molecule has 0 saturated carbocycles. The minimum Gasteiger partial charge on any atom is -0.394 e. The maximum atomic E-state index is 10.6. The molecule has 9 atom stereocenters. The summed E-state index contributed by atoms with van der Waals surface area (Å²) in [5.41, 5.74) is -5.68. The number of aliphatic hydroxyl groups excluding tert-OH is 6. The van der Waals surface area contributed by atoms with E-state index in [9.17, 15) is 35.7 Å². The molecule has 2 aliphatic heterocycles. The van der Waals surface area contributed by atoms with Gasteiger partial charge in [-0.15, -0.1) is 0 Å². The predicted octanol–water partition coefficient (Wildman–Crippen LogP) is -4.98. The van der Waals surface area contributed by atoms with Crippen molar-refractivity contribution in [3.8, 4) is 0 Å². The summed E-state index contributed by atoms with van der Waals surface area (Å²) >= 11 is 0. The number of ether oxygens (including phenoxy) is 2. The highest BCUT2D eigenvalue weighted by Gasteiger charge is 2.69. The van der Waals surface area contributed by atoms with E-state index >= 15 is 0 Å². The smallest absolute Gasteiger partial charge is 0.189 e. The molecule has 10 heteroatoms. The Bertz CT molecular complexity index is 407. The monoisotopic (exact) mass is 326 g/mol. The SMILES string of the molecule is C[C@H]1O[C@H](O)[C@@](O)([C@@]2(O)CO[C@H](CO)[C@@H](O)[C@@H]2O)[C@@H](O)[C@@H]1O. The summed E-state index contributed by atoms with van der Waals surface area (Å²) in [6, 6.07) is 0. The van der Waals surface area contributed by atoms with Crippen molar-refractivity contribution in [2.24, 2.45) is 0 Å². The van der Waals surface area contributed by atoms with Crippen molar-refractivity contribution in [2.75, 3.05) is 13.2 Å². The van der Waals surface area contributed by atoms with Crippen LogP contribution < -0.4 is 0 Å². The first-order valence-corrected chi connectivity index (χ1v) is 6.84. The van der Waals surface area contributed by atoms with Gasteiger partial charge in [-0.1, -0.05) is 0 Å². The van der Waals surface area contributed by atoms with Gasteiger partial charge >= 0.3 is 0 Å². The first kappa shape index (κ1) is 17.9. The number of rotatable bonds is 2. The zero-order valence-corrected chi connectivity index (χ0v) is 11.8. The van der Waals surface area contributed by atoms with Gasteiger partial charge in [0.15, 0.2) is 17.5 Å². The van der Waals surface area contributed by atoms with Crippen LogP contribution in [0.15, 0.2) is 0 Å². The van der Waals surface area contributed by atoms with Gasteiger partial charge in [0.1, 0.15) is 30.5 Å². The van der Waals surface area contributed by atoms with E-state index in [2.05, 4.69) is 0 Å². The minimum atomic E-state index is -2.93. The van der Waals surface area contributed by atoms with Gasteiger partial charge in [0.05, 0.1) is 19.3 Å². The van der Waals surface area contributed by atoms with Gasteiger partial charge in [0.25, 0.3) is 0 Å². The van der Waals surface area contributed by atoms with E-state index in [0.717, 1.165) is 0 Å². The maximum Gasteiger partial charge on any atom is 0.189 e. The van der Waals surface area contributed by atoms with Gasteiger partial charge in [-0.25, -0.2) is 0 Å². The highest BCUT2D eigenvalue weighted by atomic mass is 16.6. The molecule has 0 aliphatic carbocycles. The highest BCUT2D eigenvalue weighted by Crippen LogP contribution is 2.42. The summed E-state index contributed by atoms with van der Waals surface area (Å²) in [5.74, 6) is 0. The van der Waals surface area contributed by atoms with Crippen LogP contribution in [0.3, 0.4) is 0 Å². The van der Waals surface area contributed by atoms with E-state index in [-0.39, 0.29) is 0 Å². The topological polar surface area (TPSA) is 180 Å². The number of hydrogen-bond donors (Lipinski definition) is 8. The second-order valence-electron chi connectivity index (χ2n) is 5.85. The van der Waals surface area contributed by atoms with E-state index in [1.807, 2.05) is 0 Å². The lowest BCUT2D eigenvalue weighted by Gasteiger charge is -2.56. The lowest BCUT2D eigenvalue weighted by atomic mass is 9.68. The summed E-state index contributed by atoms with van der Waals surface area (Å²) < 4.78 is 9.85. The fourth-order valence-corrected chi connectivity index (χ4v) is 2.94. The second-order valence-corrected chi connectivity index (χ2v) is 5.85. The molecule has 0 aromatic rings. The first-order chi connectivity index (χ1) is 10.1. The molecule has 2 aliphatic rings. The molecule has 0 radical (unpaired) electrons. The summed E-state index contributed by atoms with van der Waals surface area (Å²) in [5, 5.41) is 79.9. The Kier molecular flexibility index (Phi) is 4.82. The Morgan fingerprint density at radius 2 is 1.59 bits per heavy atom. The molecule has 0 aromatic heterocycles. The predicted molar refractivity (Wildman–Crippen MR) is 67.3 cm³/mol. The molecule has 2 saturated heterocycles. The van der Waals surface area contributed by atoms with Crippen molar-refractivity contribution in [3.63, 3.8) is 0 Å². The summed E-state index contributed by atoms with van der Waals surface area (Å²) in [7, 11) is 0. The quantitative estimate of drug-likeness (QED) is 0.245. The van der Waals surface area contributed by atoms with Gasteiger partial charge in [-0.3, -0.25) is 0 Å². The molecular weight excluding hydrogens is 304 g/mol. The Balaban J connectivity index is 2.38. The molecule has 0 bridgehead atoms. The van der Waals surface area contributed by atoms with Crippen LogP contribution >= 0.6 is 0 Å². The normalized spacial score (nSPS) is 56.9. The van der Waals surface area contributed by atoms with Crippen molar-refractivity contribution in [3.05, 3.63) is 0 Å². The molecule has 8 N–H and O–H groups in total. The molecule has 22 heavy (non-hydrogen) atoms. The third-order valence-electron chi connectivity index (χ3n) is 4.56. The van der Waals surface area contributed by atoms with Crippen molar-refractivity contribution in [1.82, 2.24) is 0 Å². The first-order valence-electron chi connectivity index (χ1n) is 6.84. The van der Waals surface area contributed by atoms with Crippen LogP contribution in [0.5, 0.6) is 0 Å². The number of hydrogen-bond acceptors (Lipinski definition) is 10. The van der Waals surface area contributed by atoms with Gasteiger partial charge in [-0.05, 0) is 6.92 Å². The second kappa shape index (κ2) is 5.91. The standard InChI is InChI=1S/C12H22O10/c1-4-6(14)9(17)12(20,10(18)22-4)11(19)3-21-5(2-13)7(15)8(11)16/h4-10,13-20H,2-3H2,1H3/t4-,5-,6-,7-,8+,9+,10+,11-,12-/m1/s1. The Labute approximate surface area is 125 Å². The molecule has 10 nitrogen and oxygen atoms in total. The van der Waals surface area contributed by atoms with Crippen LogP contribution in [0.4, 0.5) is 0 Å². The lowest BCUT2D eigenvalue weighted by molar-refractivity contribution is -0.396. The van der Waals surface area contributed by atoms with E-state index in [1.54, 1.807) is 0 Å². The zero-order valence-electron chi connectivity index (χ0n) is 11.8. The summed E-state index contributed by atoms with van der Waals surface area (Å²) in [6.07, 6.45) is -12.1. The molecule has 0 unspecified atom stereocenters. The highest BCUT2D eigenvalue weighted by molar-refractivity contribution is 5.16. The van der Waals surface area contributed by atoms with Crippen molar-refractivity contribution in [2.45, 2.75) is 61.0 Å². The molecule has 130 valence electrons. The molecule has 2 heterocycles. The van der Waals surface area contributed by atoms with E-state index in [1.165, 1.54) is 6.92 Å². The van der Waals surface area contributed by atoms with E-state index < -0.39 is 67.3 Å². The fourth-order valence-electron chi connectivity index (χ4n) is 2.94. The third kappa shape index (κ3) is 2.27. The Morgan fingerprint density at radius 3 is 2.14 bits per heavy atom. The van der Waals surface area contributed by atoms with Crippen LogP contribution in [-0.4, -0.2) is 108 Å². The minimum absolute atomic E-state index is 0.659. The molecule has 0 spiro atoms.